The third-order valence-corrected chi connectivity index (χ3v) is 4.27. The lowest BCUT2D eigenvalue weighted by Crippen LogP contribution is -2.49. The van der Waals surface area contributed by atoms with Crippen molar-refractivity contribution in [3.05, 3.63) is 42.1 Å². The summed E-state index contributed by atoms with van der Waals surface area (Å²) in [5, 5.41) is 2.81. The number of piperazine rings is 1. The topological polar surface area (TPSA) is 101 Å². The first-order valence-corrected chi connectivity index (χ1v) is 8.87. The maximum Gasteiger partial charge on any atom is 0.289 e. The molecule has 2 aromatic rings. The molecule has 2 amide bonds. The fourth-order valence-corrected chi connectivity index (χ4v) is 2.80. The van der Waals surface area contributed by atoms with Gasteiger partial charge in [0.2, 0.25) is 5.95 Å². The molecular formula is C18H23N5O4. The molecule has 0 radical (unpaired) electrons. The van der Waals surface area contributed by atoms with Crippen molar-refractivity contribution in [3.8, 4) is 0 Å². The summed E-state index contributed by atoms with van der Waals surface area (Å²) in [6.07, 6.45) is 3.81. The molecule has 9 nitrogen and oxygen atoms in total. The van der Waals surface area contributed by atoms with Crippen LogP contribution in [0.15, 0.2) is 35.1 Å². The van der Waals surface area contributed by atoms with E-state index in [4.69, 9.17) is 9.15 Å². The van der Waals surface area contributed by atoms with Crippen LogP contribution in [-0.4, -0.2) is 73.1 Å². The van der Waals surface area contributed by atoms with Crippen molar-refractivity contribution in [2.75, 3.05) is 51.3 Å². The zero-order chi connectivity index (χ0) is 19.1. The number of carbonyl (C=O) groups excluding carboxylic acids is 2. The summed E-state index contributed by atoms with van der Waals surface area (Å²) in [5.41, 5.74) is 0.325. The number of aromatic nitrogens is 2. The number of amides is 2. The Labute approximate surface area is 157 Å². The van der Waals surface area contributed by atoms with E-state index < -0.39 is 0 Å². The van der Waals surface area contributed by atoms with Gasteiger partial charge < -0.3 is 24.3 Å². The van der Waals surface area contributed by atoms with Gasteiger partial charge in [-0.2, -0.15) is 0 Å². The van der Waals surface area contributed by atoms with Crippen LogP contribution in [0.4, 0.5) is 5.95 Å². The van der Waals surface area contributed by atoms with Gasteiger partial charge in [0.15, 0.2) is 5.76 Å². The van der Waals surface area contributed by atoms with Crippen LogP contribution in [0.2, 0.25) is 0 Å². The maximum absolute atomic E-state index is 12.3. The van der Waals surface area contributed by atoms with E-state index in [0.717, 1.165) is 6.42 Å². The first kappa shape index (κ1) is 18.8. The molecule has 9 heteroatoms. The third kappa shape index (κ3) is 4.82. The monoisotopic (exact) mass is 373 g/mol. The first-order chi connectivity index (χ1) is 13.2. The number of hydrogen-bond acceptors (Lipinski definition) is 7. The summed E-state index contributed by atoms with van der Waals surface area (Å²) < 4.78 is 10.1. The van der Waals surface area contributed by atoms with Crippen molar-refractivity contribution in [2.24, 2.45) is 0 Å². The van der Waals surface area contributed by atoms with Crippen LogP contribution in [-0.2, 0) is 4.74 Å². The summed E-state index contributed by atoms with van der Waals surface area (Å²) >= 11 is 0. The van der Waals surface area contributed by atoms with Crippen molar-refractivity contribution >= 4 is 17.8 Å². The van der Waals surface area contributed by atoms with E-state index in [1.807, 2.05) is 4.90 Å². The summed E-state index contributed by atoms with van der Waals surface area (Å²) in [6, 6.07) is 4.95. The Morgan fingerprint density at radius 2 is 2.07 bits per heavy atom. The van der Waals surface area contributed by atoms with Crippen molar-refractivity contribution in [2.45, 2.75) is 6.42 Å². The van der Waals surface area contributed by atoms with E-state index in [1.165, 1.54) is 6.26 Å². The van der Waals surface area contributed by atoms with Crippen LogP contribution < -0.4 is 10.2 Å². The van der Waals surface area contributed by atoms with Crippen molar-refractivity contribution in [3.63, 3.8) is 0 Å². The van der Waals surface area contributed by atoms with Crippen molar-refractivity contribution in [1.29, 1.82) is 0 Å². The van der Waals surface area contributed by atoms with E-state index in [1.54, 1.807) is 36.4 Å². The SMILES string of the molecule is COCCCNC(=O)c1ccnc(N2CCN(C(=O)c3ccco3)CC2)n1. The van der Waals surface area contributed by atoms with E-state index in [0.29, 0.717) is 56.7 Å². The first-order valence-electron chi connectivity index (χ1n) is 8.87. The molecule has 0 bridgehead atoms. The van der Waals surface area contributed by atoms with Gasteiger partial charge in [-0.15, -0.1) is 0 Å². The molecule has 1 saturated heterocycles. The molecule has 3 rings (SSSR count). The van der Waals surface area contributed by atoms with Crippen molar-refractivity contribution in [1.82, 2.24) is 20.2 Å². The number of furan rings is 1. The predicted octanol–water partition coefficient (Wildman–Crippen LogP) is 0.798. The number of nitrogens with one attached hydrogen (secondary N) is 1. The highest BCUT2D eigenvalue weighted by molar-refractivity contribution is 5.92. The summed E-state index contributed by atoms with van der Waals surface area (Å²) in [6.45, 7) is 3.37. The Morgan fingerprint density at radius 1 is 1.26 bits per heavy atom. The Morgan fingerprint density at radius 3 is 2.78 bits per heavy atom. The molecule has 0 aromatic carbocycles. The minimum atomic E-state index is -0.235. The Kier molecular flexibility index (Phi) is 6.37. The molecule has 0 spiro atoms. The fourth-order valence-electron chi connectivity index (χ4n) is 2.80. The fraction of sp³-hybridized carbons (Fsp3) is 0.444. The second-order valence-corrected chi connectivity index (χ2v) is 6.10. The van der Waals surface area contributed by atoms with Gasteiger partial charge in [-0.3, -0.25) is 9.59 Å². The number of ether oxygens (including phenoxy) is 1. The van der Waals surface area contributed by atoms with Gasteiger partial charge in [-0.1, -0.05) is 0 Å². The smallest absolute Gasteiger partial charge is 0.289 e. The number of carbonyl (C=O) groups is 2. The molecular weight excluding hydrogens is 350 g/mol. The molecule has 27 heavy (non-hydrogen) atoms. The second-order valence-electron chi connectivity index (χ2n) is 6.10. The molecule has 0 aliphatic carbocycles. The standard InChI is InChI=1S/C18H23N5O4/c1-26-12-3-6-19-16(24)14-5-7-20-18(21-14)23-10-8-22(9-11-23)17(25)15-4-2-13-27-15/h2,4-5,7,13H,3,6,8-12H2,1H3,(H,19,24). The van der Waals surface area contributed by atoms with E-state index in [-0.39, 0.29) is 11.8 Å². The number of nitrogens with zero attached hydrogens (tertiary/aromatic N) is 4. The minimum absolute atomic E-state index is 0.121. The molecule has 1 aliphatic heterocycles. The average molecular weight is 373 g/mol. The normalized spacial score (nSPS) is 14.3. The molecule has 3 heterocycles. The highest BCUT2D eigenvalue weighted by Gasteiger charge is 2.25. The predicted molar refractivity (Wildman–Crippen MR) is 97.7 cm³/mol. The number of hydrogen-bond donors (Lipinski definition) is 1. The Bertz CT molecular complexity index is 757. The van der Waals surface area contributed by atoms with Crippen LogP contribution in [0.3, 0.4) is 0 Å². The van der Waals surface area contributed by atoms with E-state index >= 15 is 0 Å². The molecule has 0 unspecified atom stereocenters. The zero-order valence-electron chi connectivity index (χ0n) is 15.3. The quantitative estimate of drug-likeness (QED) is 0.716. The highest BCUT2D eigenvalue weighted by atomic mass is 16.5. The lowest BCUT2D eigenvalue weighted by Gasteiger charge is -2.34. The summed E-state index contributed by atoms with van der Waals surface area (Å²) in [5.74, 6) is 0.475. The lowest BCUT2D eigenvalue weighted by atomic mass is 10.3. The molecule has 144 valence electrons. The largest absolute Gasteiger partial charge is 0.459 e. The van der Waals surface area contributed by atoms with Gasteiger partial charge in [0.1, 0.15) is 5.69 Å². The summed E-state index contributed by atoms with van der Waals surface area (Å²) in [4.78, 5) is 36.8. The van der Waals surface area contributed by atoms with Gasteiger partial charge in [-0.05, 0) is 24.6 Å². The third-order valence-electron chi connectivity index (χ3n) is 4.27. The van der Waals surface area contributed by atoms with E-state index in [9.17, 15) is 9.59 Å². The molecule has 1 aliphatic rings. The van der Waals surface area contributed by atoms with E-state index in [2.05, 4.69) is 15.3 Å². The van der Waals surface area contributed by atoms with Crippen LogP contribution in [0.1, 0.15) is 27.5 Å². The zero-order valence-corrected chi connectivity index (χ0v) is 15.3. The van der Waals surface area contributed by atoms with Crippen LogP contribution in [0.5, 0.6) is 0 Å². The molecule has 1 N–H and O–H groups in total. The van der Waals surface area contributed by atoms with Gasteiger partial charge in [-0.25, -0.2) is 9.97 Å². The van der Waals surface area contributed by atoms with Crippen LogP contribution in [0, 0.1) is 0 Å². The minimum Gasteiger partial charge on any atom is -0.459 e. The number of rotatable bonds is 7. The molecule has 1 fully saturated rings. The van der Waals surface area contributed by atoms with Crippen LogP contribution in [0.25, 0.3) is 0 Å². The number of anilines is 1. The maximum atomic E-state index is 12.3. The van der Waals surface area contributed by atoms with Crippen molar-refractivity contribution < 1.29 is 18.7 Å². The average Bonchev–Trinajstić information content (AvgIpc) is 3.25. The Hall–Kier alpha value is -2.94. The van der Waals surface area contributed by atoms with Gasteiger partial charge in [0.25, 0.3) is 11.8 Å². The molecule has 2 aromatic heterocycles. The number of methoxy groups -OCH3 is 1. The second kappa shape index (κ2) is 9.13. The Balaban J connectivity index is 1.55. The van der Waals surface area contributed by atoms with Crippen LogP contribution >= 0.6 is 0 Å². The lowest BCUT2D eigenvalue weighted by molar-refractivity contribution is 0.0714. The molecule has 0 saturated carbocycles. The van der Waals surface area contributed by atoms with Gasteiger partial charge in [0, 0.05) is 52.6 Å². The van der Waals surface area contributed by atoms with Gasteiger partial charge >= 0.3 is 0 Å². The molecule has 0 atom stereocenters. The van der Waals surface area contributed by atoms with Gasteiger partial charge in [0.05, 0.1) is 6.26 Å². The highest BCUT2D eigenvalue weighted by Crippen LogP contribution is 2.14. The summed E-state index contributed by atoms with van der Waals surface area (Å²) in [7, 11) is 1.63.